The lowest BCUT2D eigenvalue weighted by Gasteiger charge is -2.25. The van der Waals surface area contributed by atoms with Crippen molar-refractivity contribution in [1.29, 1.82) is 0 Å². The second kappa shape index (κ2) is 7.60. The van der Waals surface area contributed by atoms with E-state index in [4.69, 9.17) is 15.2 Å². The molecule has 16 heavy (non-hydrogen) atoms. The third-order valence-corrected chi connectivity index (χ3v) is 2.19. The number of methoxy groups -OCH3 is 1. The van der Waals surface area contributed by atoms with Gasteiger partial charge >= 0.3 is 0 Å². The molecule has 0 aliphatic carbocycles. The first-order chi connectivity index (χ1) is 7.43. The van der Waals surface area contributed by atoms with Crippen molar-refractivity contribution in [2.75, 3.05) is 26.9 Å². The first-order valence-electron chi connectivity index (χ1n) is 5.59. The molecule has 0 spiro atoms. The van der Waals surface area contributed by atoms with Crippen molar-refractivity contribution in [3.05, 3.63) is 0 Å². The van der Waals surface area contributed by atoms with Crippen LogP contribution in [0.3, 0.4) is 0 Å². The molecule has 0 aliphatic rings. The standard InChI is InChI=1S/C11H24N2O3/c1-5-16-11(2,3)8-13-10(14)9(12)6-7-15-4/h9H,5-8,12H2,1-4H3,(H,13,14). The summed E-state index contributed by atoms with van der Waals surface area (Å²) in [5, 5.41) is 2.77. The van der Waals surface area contributed by atoms with Crippen molar-refractivity contribution < 1.29 is 14.3 Å². The van der Waals surface area contributed by atoms with Gasteiger partial charge < -0.3 is 20.5 Å². The third-order valence-electron chi connectivity index (χ3n) is 2.19. The van der Waals surface area contributed by atoms with Gasteiger partial charge in [0.1, 0.15) is 0 Å². The Morgan fingerprint density at radius 1 is 1.50 bits per heavy atom. The number of carbonyl (C=O) groups excluding carboxylic acids is 1. The smallest absolute Gasteiger partial charge is 0.237 e. The van der Waals surface area contributed by atoms with Crippen molar-refractivity contribution in [3.63, 3.8) is 0 Å². The molecule has 5 nitrogen and oxygen atoms in total. The minimum Gasteiger partial charge on any atom is -0.385 e. The predicted molar refractivity (Wildman–Crippen MR) is 63.2 cm³/mol. The Kier molecular flexibility index (Phi) is 7.29. The van der Waals surface area contributed by atoms with E-state index >= 15 is 0 Å². The van der Waals surface area contributed by atoms with Crippen LogP contribution in [0.2, 0.25) is 0 Å². The molecule has 0 saturated carbocycles. The van der Waals surface area contributed by atoms with Gasteiger partial charge in [-0.3, -0.25) is 4.79 Å². The van der Waals surface area contributed by atoms with Gasteiger partial charge in [0.15, 0.2) is 0 Å². The number of hydrogen-bond donors (Lipinski definition) is 2. The highest BCUT2D eigenvalue weighted by atomic mass is 16.5. The second-order valence-electron chi connectivity index (χ2n) is 4.30. The molecular weight excluding hydrogens is 208 g/mol. The number of hydrogen-bond acceptors (Lipinski definition) is 4. The topological polar surface area (TPSA) is 73.6 Å². The Hall–Kier alpha value is -0.650. The predicted octanol–water partition coefficient (Wildman–Crippen LogP) is 0.282. The third kappa shape index (κ3) is 6.76. The Morgan fingerprint density at radius 3 is 2.62 bits per heavy atom. The minimum atomic E-state index is -0.516. The zero-order valence-electron chi connectivity index (χ0n) is 10.7. The fourth-order valence-electron chi connectivity index (χ4n) is 1.25. The summed E-state index contributed by atoms with van der Waals surface area (Å²) in [4.78, 5) is 11.6. The molecule has 5 heteroatoms. The van der Waals surface area contributed by atoms with E-state index in [-0.39, 0.29) is 11.5 Å². The quantitative estimate of drug-likeness (QED) is 0.630. The number of rotatable bonds is 8. The van der Waals surface area contributed by atoms with Gasteiger partial charge in [0, 0.05) is 26.9 Å². The summed E-state index contributed by atoms with van der Waals surface area (Å²) in [6, 6.07) is -0.516. The van der Waals surface area contributed by atoms with Crippen molar-refractivity contribution in [3.8, 4) is 0 Å². The second-order valence-corrected chi connectivity index (χ2v) is 4.30. The van der Waals surface area contributed by atoms with Gasteiger partial charge in [-0.1, -0.05) is 0 Å². The molecule has 0 heterocycles. The number of carbonyl (C=O) groups is 1. The van der Waals surface area contributed by atoms with E-state index < -0.39 is 6.04 Å². The summed E-state index contributed by atoms with van der Waals surface area (Å²) < 4.78 is 10.3. The number of nitrogens with one attached hydrogen (secondary N) is 1. The van der Waals surface area contributed by atoms with E-state index in [9.17, 15) is 4.79 Å². The molecule has 0 aliphatic heterocycles. The average Bonchev–Trinajstić information content (AvgIpc) is 2.22. The van der Waals surface area contributed by atoms with E-state index in [2.05, 4.69) is 5.32 Å². The summed E-state index contributed by atoms with van der Waals surface area (Å²) in [7, 11) is 1.59. The summed E-state index contributed by atoms with van der Waals surface area (Å²) in [5.41, 5.74) is 5.32. The first kappa shape index (κ1) is 15.3. The van der Waals surface area contributed by atoms with Crippen LogP contribution < -0.4 is 11.1 Å². The van der Waals surface area contributed by atoms with Gasteiger partial charge in [-0.25, -0.2) is 0 Å². The summed E-state index contributed by atoms with van der Waals surface area (Å²) in [6.07, 6.45) is 0.525. The molecule has 0 fully saturated rings. The normalized spacial score (nSPS) is 13.6. The highest BCUT2D eigenvalue weighted by Crippen LogP contribution is 2.06. The zero-order chi connectivity index (χ0) is 12.6. The Labute approximate surface area is 97.7 Å². The Bertz CT molecular complexity index is 207. The monoisotopic (exact) mass is 232 g/mol. The fourth-order valence-corrected chi connectivity index (χ4v) is 1.25. The van der Waals surface area contributed by atoms with Gasteiger partial charge in [0.05, 0.1) is 11.6 Å². The van der Waals surface area contributed by atoms with E-state index in [1.54, 1.807) is 7.11 Å². The van der Waals surface area contributed by atoms with Gasteiger partial charge in [-0.2, -0.15) is 0 Å². The lowest BCUT2D eigenvalue weighted by Crippen LogP contribution is -2.47. The lowest BCUT2D eigenvalue weighted by atomic mass is 10.1. The molecule has 0 saturated heterocycles. The molecule has 0 aromatic heterocycles. The van der Waals surface area contributed by atoms with Gasteiger partial charge in [0.2, 0.25) is 5.91 Å². The van der Waals surface area contributed by atoms with Crippen molar-refractivity contribution >= 4 is 5.91 Å². The van der Waals surface area contributed by atoms with Crippen LogP contribution in [0.5, 0.6) is 0 Å². The first-order valence-corrected chi connectivity index (χ1v) is 5.59. The van der Waals surface area contributed by atoms with Crippen LogP contribution in [0.25, 0.3) is 0 Å². The number of ether oxygens (including phenoxy) is 2. The van der Waals surface area contributed by atoms with Gasteiger partial charge in [0.25, 0.3) is 0 Å². The van der Waals surface area contributed by atoms with E-state index in [1.165, 1.54) is 0 Å². The van der Waals surface area contributed by atoms with Gasteiger partial charge in [-0.15, -0.1) is 0 Å². The van der Waals surface area contributed by atoms with Gasteiger partial charge in [-0.05, 0) is 27.2 Å². The minimum absolute atomic E-state index is 0.162. The van der Waals surface area contributed by atoms with Crippen LogP contribution >= 0.6 is 0 Å². The van der Waals surface area contributed by atoms with Crippen LogP contribution in [0.15, 0.2) is 0 Å². The van der Waals surface area contributed by atoms with E-state index in [0.29, 0.717) is 26.2 Å². The SMILES string of the molecule is CCOC(C)(C)CNC(=O)C(N)CCOC. The molecule has 96 valence electrons. The fraction of sp³-hybridized carbons (Fsp3) is 0.909. The Balaban J connectivity index is 3.87. The maximum Gasteiger partial charge on any atom is 0.237 e. The van der Waals surface area contributed by atoms with E-state index in [0.717, 1.165) is 0 Å². The zero-order valence-corrected chi connectivity index (χ0v) is 10.7. The molecule has 1 unspecified atom stereocenters. The highest BCUT2D eigenvalue weighted by molar-refractivity contribution is 5.81. The maximum atomic E-state index is 11.6. The molecule has 0 rings (SSSR count). The van der Waals surface area contributed by atoms with Crippen LogP contribution in [0.1, 0.15) is 27.2 Å². The van der Waals surface area contributed by atoms with Crippen molar-refractivity contribution in [2.45, 2.75) is 38.8 Å². The highest BCUT2D eigenvalue weighted by Gasteiger charge is 2.20. The molecule has 0 bridgehead atoms. The largest absolute Gasteiger partial charge is 0.385 e. The average molecular weight is 232 g/mol. The van der Waals surface area contributed by atoms with Crippen molar-refractivity contribution in [1.82, 2.24) is 5.32 Å². The maximum absolute atomic E-state index is 11.6. The van der Waals surface area contributed by atoms with Crippen LogP contribution in [0, 0.1) is 0 Å². The summed E-state index contributed by atoms with van der Waals surface area (Å²) >= 11 is 0. The Morgan fingerprint density at radius 2 is 2.12 bits per heavy atom. The summed E-state index contributed by atoms with van der Waals surface area (Å²) in [6.45, 7) is 7.35. The van der Waals surface area contributed by atoms with Crippen molar-refractivity contribution in [2.24, 2.45) is 5.73 Å². The van der Waals surface area contributed by atoms with Crippen LogP contribution in [-0.2, 0) is 14.3 Å². The number of amides is 1. The molecule has 1 atom stereocenters. The van der Waals surface area contributed by atoms with E-state index in [1.807, 2.05) is 20.8 Å². The molecular formula is C11H24N2O3. The molecule has 0 radical (unpaired) electrons. The molecule has 0 aromatic carbocycles. The molecule has 3 N–H and O–H groups in total. The molecule has 1 amide bonds. The lowest BCUT2D eigenvalue weighted by molar-refractivity contribution is -0.124. The summed E-state index contributed by atoms with van der Waals surface area (Å²) in [5.74, 6) is -0.162. The number of nitrogens with two attached hydrogens (primary N) is 1. The van der Waals surface area contributed by atoms with Crippen LogP contribution in [-0.4, -0.2) is 44.4 Å². The molecule has 0 aromatic rings. The van der Waals surface area contributed by atoms with Crippen LogP contribution in [0.4, 0.5) is 0 Å².